The highest BCUT2D eigenvalue weighted by Gasteiger charge is 2.60. The summed E-state index contributed by atoms with van der Waals surface area (Å²) in [5.41, 5.74) is 5.20. The largest absolute Gasteiger partial charge is 0.477 e. The summed E-state index contributed by atoms with van der Waals surface area (Å²) in [5, 5.41) is 17.9. The maximum atomic E-state index is 13.0. The van der Waals surface area contributed by atoms with E-state index in [1.165, 1.54) is 23.6 Å². The minimum atomic E-state index is -3.22. The number of halogens is 2. The van der Waals surface area contributed by atoms with Crippen molar-refractivity contribution in [1.82, 2.24) is 25.8 Å². The van der Waals surface area contributed by atoms with E-state index in [0.717, 1.165) is 0 Å². The molecule has 4 aliphatic rings. The number of nitrogens with one attached hydrogen (secondary N) is 3. The first kappa shape index (κ1) is 28.2. The standard InChI is InChI=1S/C23H32F2N6O6S/c1-9-16-15(10(2)28-20(33)19(24)25)22(35)31(16)17(23(36)37)18(9)38-12-5-13(27-7-12)21(34)30-4-3-11(8-30)29-14(32)6-26/h9-13,15-16,19,27H,3-8,26H2,1-2H3,(H,28,33)(H,29,32)(H,36,37)/t9-,10?,11-,12+,13+,15-,16-/m1/s1. The van der Waals surface area contributed by atoms with Gasteiger partial charge >= 0.3 is 12.4 Å². The Morgan fingerprint density at radius 3 is 2.63 bits per heavy atom. The summed E-state index contributed by atoms with van der Waals surface area (Å²) in [5.74, 6) is -4.84. The maximum absolute atomic E-state index is 13.0. The van der Waals surface area contributed by atoms with E-state index in [9.17, 15) is 37.9 Å². The molecule has 1 unspecified atom stereocenters. The van der Waals surface area contributed by atoms with E-state index in [1.54, 1.807) is 11.8 Å². The van der Waals surface area contributed by atoms with E-state index in [4.69, 9.17) is 5.73 Å². The van der Waals surface area contributed by atoms with Crippen LogP contribution in [0.1, 0.15) is 26.7 Å². The zero-order valence-electron chi connectivity index (χ0n) is 21.0. The summed E-state index contributed by atoms with van der Waals surface area (Å²) in [6, 6.07) is -2.06. The molecule has 210 valence electrons. The number of carbonyl (C=O) groups is 5. The van der Waals surface area contributed by atoms with Crippen LogP contribution in [0.2, 0.25) is 0 Å². The molecular weight excluding hydrogens is 526 g/mol. The summed E-state index contributed by atoms with van der Waals surface area (Å²) in [7, 11) is 0. The summed E-state index contributed by atoms with van der Waals surface area (Å²) < 4.78 is 25.4. The molecule has 6 N–H and O–H groups in total. The van der Waals surface area contributed by atoms with Crippen LogP contribution in [-0.2, 0) is 24.0 Å². The molecule has 0 saturated carbocycles. The zero-order valence-corrected chi connectivity index (χ0v) is 21.8. The molecule has 0 aromatic rings. The van der Waals surface area contributed by atoms with Gasteiger partial charge in [0.1, 0.15) is 5.70 Å². The second kappa shape index (κ2) is 11.1. The fourth-order valence-electron chi connectivity index (χ4n) is 5.82. The monoisotopic (exact) mass is 558 g/mol. The van der Waals surface area contributed by atoms with E-state index in [0.29, 0.717) is 37.4 Å². The Balaban J connectivity index is 1.39. The molecule has 0 aromatic carbocycles. The Morgan fingerprint density at radius 2 is 2.00 bits per heavy atom. The van der Waals surface area contributed by atoms with Crippen molar-refractivity contribution in [2.24, 2.45) is 17.6 Å². The molecule has 4 amide bonds. The smallest absolute Gasteiger partial charge is 0.353 e. The van der Waals surface area contributed by atoms with Gasteiger partial charge in [-0.25, -0.2) is 4.79 Å². The lowest BCUT2D eigenvalue weighted by molar-refractivity contribution is -0.159. The first-order valence-corrected chi connectivity index (χ1v) is 13.4. The molecule has 0 aliphatic carbocycles. The van der Waals surface area contributed by atoms with Crippen molar-refractivity contribution in [3.05, 3.63) is 10.6 Å². The number of carbonyl (C=O) groups excluding carboxylic acids is 4. The van der Waals surface area contributed by atoms with Crippen LogP contribution in [0.3, 0.4) is 0 Å². The molecule has 38 heavy (non-hydrogen) atoms. The zero-order chi connectivity index (χ0) is 27.9. The van der Waals surface area contributed by atoms with Gasteiger partial charge in [0.15, 0.2) is 0 Å². The minimum absolute atomic E-state index is 0.0906. The van der Waals surface area contributed by atoms with E-state index in [-0.39, 0.29) is 41.3 Å². The predicted octanol–water partition coefficient (Wildman–Crippen LogP) is -1.33. The highest BCUT2D eigenvalue weighted by Crippen LogP contribution is 2.51. The van der Waals surface area contributed by atoms with Crippen LogP contribution in [-0.4, -0.2) is 107 Å². The van der Waals surface area contributed by atoms with Gasteiger partial charge in [-0.2, -0.15) is 8.78 Å². The van der Waals surface area contributed by atoms with Gasteiger partial charge in [-0.1, -0.05) is 6.92 Å². The molecule has 3 fully saturated rings. The van der Waals surface area contributed by atoms with Crippen LogP contribution in [0.4, 0.5) is 8.78 Å². The van der Waals surface area contributed by atoms with Gasteiger partial charge in [-0.05, 0) is 19.8 Å². The lowest BCUT2D eigenvalue weighted by Gasteiger charge is -2.47. The third-order valence-electron chi connectivity index (χ3n) is 7.63. The second-order valence-electron chi connectivity index (χ2n) is 10.1. The lowest BCUT2D eigenvalue weighted by Crippen LogP contribution is -2.66. The Labute approximate surface area is 222 Å². The van der Waals surface area contributed by atoms with Gasteiger partial charge in [0.25, 0.3) is 5.91 Å². The Bertz CT molecular complexity index is 1060. The van der Waals surface area contributed by atoms with Gasteiger partial charge in [0.05, 0.1) is 24.5 Å². The van der Waals surface area contributed by atoms with E-state index in [2.05, 4.69) is 16.0 Å². The van der Waals surface area contributed by atoms with Crippen molar-refractivity contribution in [3.8, 4) is 0 Å². The van der Waals surface area contributed by atoms with Crippen LogP contribution in [0.15, 0.2) is 10.6 Å². The fourth-order valence-corrected chi connectivity index (χ4v) is 7.30. The van der Waals surface area contributed by atoms with Crippen molar-refractivity contribution < 1.29 is 37.9 Å². The highest BCUT2D eigenvalue weighted by molar-refractivity contribution is 8.03. The Kier molecular flexibility index (Phi) is 8.28. The molecule has 15 heteroatoms. The summed E-state index contributed by atoms with van der Waals surface area (Å²) in [4.78, 5) is 64.4. The van der Waals surface area contributed by atoms with Gasteiger partial charge in [-0.15, -0.1) is 11.8 Å². The van der Waals surface area contributed by atoms with Gasteiger partial charge in [0, 0.05) is 47.8 Å². The topological polar surface area (TPSA) is 174 Å². The molecule has 0 aromatic heterocycles. The Hall–Kier alpha value is -2.78. The van der Waals surface area contributed by atoms with Crippen molar-refractivity contribution in [1.29, 1.82) is 0 Å². The average molecular weight is 559 g/mol. The third kappa shape index (κ3) is 5.23. The first-order chi connectivity index (χ1) is 17.9. The molecule has 4 rings (SSSR count). The van der Waals surface area contributed by atoms with Crippen molar-refractivity contribution in [3.63, 3.8) is 0 Å². The number of thioether (sulfide) groups is 1. The van der Waals surface area contributed by atoms with E-state index < -0.39 is 48.3 Å². The third-order valence-corrected chi connectivity index (χ3v) is 9.14. The number of rotatable bonds is 9. The van der Waals surface area contributed by atoms with Crippen LogP contribution in [0.25, 0.3) is 0 Å². The van der Waals surface area contributed by atoms with Gasteiger partial charge < -0.3 is 36.6 Å². The number of alkyl halides is 2. The molecule has 4 aliphatic heterocycles. The summed E-state index contributed by atoms with van der Waals surface area (Å²) in [6.45, 7) is 4.48. The number of hydrogen-bond donors (Lipinski definition) is 5. The molecule has 12 nitrogen and oxygen atoms in total. The number of nitrogens with two attached hydrogens (primary N) is 1. The van der Waals surface area contributed by atoms with Crippen molar-refractivity contribution >= 4 is 41.4 Å². The number of amides is 4. The quantitative estimate of drug-likeness (QED) is 0.215. The average Bonchev–Trinajstić information content (AvgIpc) is 3.57. The van der Waals surface area contributed by atoms with Crippen molar-refractivity contribution in [2.75, 3.05) is 26.2 Å². The number of β-lactam (4-membered cyclic amide) rings is 1. The predicted molar refractivity (Wildman–Crippen MR) is 132 cm³/mol. The number of nitrogens with zero attached hydrogens (tertiary/aromatic N) is 2. The van der Waals surface area contributed by atoms with Crippen LogP contribution in [0.5, 0.6) is 0 Å². The summed E-state index contributed by atoms with van der Waals surface area (Å²) in [6.07, 6.45) is -2.13. The number of likely N-dealkylation sites (tertiary alicyclic amines) is 1. The molecular formula is C23H32F2N6O6S. The fraction of sp³-hybridized carbons (Fsp3) is 0.696. The summed E-state index contributed by atoms with van der Waals surface area (Å²) >= 11 is 1.31. The maximum Gasteiger partial charge on any atom is 0.353 e. The number of carboxylic acid groups (broad SMARTS) is 1. The van der Waals surface area contributed by atoms with Crippen LogP contribution < -0.4 is 21.7 Å². The molecule has 4 heterocycles. The van der Waals surface area contributed by atoms with Crippen molar-refractivity contribution in [2.45, 2.75) is 62.5 Å². The molecule has 3 saturated heterocycles. The number of carboxylic acids is 1. The van der Waals surface area contributed by atoms with Crippen LogP contribution >= 0.6 is 11.8 Å². The molecule has 0 spiro atoms. The lowest BCUT2D eigenvalue weighted by atomic mass is 9.78. The molecule has 7 atom stereocenters. The normalized spacial score (nSPS) is 31.4. The van der Waals surface area contributed by atoms with Gasteiger partial charge in [-0.3, -0.25) is 19.2 Å². The first-order valence-electron chi connectivity index (χ1n) is 12.5. The number of fused-ring (bicyclic) bond motifs is 1. The number of aliphatic carboxylic acids is 1. The molecule has 0 radical (unpaired) electrons. The van der Waals surface area contributed by atoms with Gasteiger partial charge in [0.2, 0.25) is 17.7 Å². The second-order valence-corrected chi connectivity index (χ2v) is 11.4. The minimum Gasteiger partial charge on any atom is -0.477 e. The number of hydrogen-bond acceptors (Lipinski definition) is 8. The van der Waals surface area contributed by atoms with E-state index in [1.807, 2.05) is 0 Å². The SMILES string of the molecule is CC(NC(=O)C(F)F)[C@H]1C(=O)N2C(C(=O)O)=C(S[C@@H]3CN[C@H](C(=O)N4CC[C@@H](NC(=O)CN)C4)C3)[C@H](C)[C@H]12. The highest BCUT2D eigenvalue weighted by atomic mass is 32.2. The van der Waals surface area contributed by atoms with Crippen LogP contribution in [0, 0.1) is 11.8 Å². The molecule has 0 bridgehead atoms. The van der Waals surface area contributed by atoms with E-state index >= 15 is 0 Å². The Morgan fingerprint density at radius 1 is 1.29 bits per heavy atom.